The molecule has 1 fully saturated rings. The number of H-pyrrole nitrogens is 1. The Morgan fingerprint density at radius 3 is 2.73 bits per heavy atom. The summed E-state index contributed by atoms with van der Waals surface area (Å²) in [5, 5.41) is 3.25. The summed E-state index contributed by atoms with van der Waals surface area (Å²) in [6, 6.07) is 11.9. The van der Waals surface area contributed by atoms with Crippen LogP contribution < -0.4 is 10.2 Å². The molecule has 1 amide bonds. The second-order valence-electron chi connectivity index (χ2n) is 8.12. The number of hydrogen-bond donors (Lipinski definition) is 2. The molecule has 0 bridgehead atoms. The van der Waals surface area contributed by atoms with Crippen LogP contribution in [-0.4, -0.2) is 55.2 Å². The number of aromatic amines is 1. The molecule has 4 rings (SSSR count). The fourth-order valence-electron chi connectivity index (χ4n) is 4.14. The van der Waals surface area contributed by atoms with Gasteiger partial charge in [0.2, 0.25) is 0 Å². The smallest absolute Gasteiger partial charge is 0.272 e. The standard InChI is InChI=1S/C23H26F2N4O/c1-14-7-8-18(24)17-12-20(27-22(14)17)23(30)26-15-5-4-6-16(11-15)29-10-9-21(28(2)3)19(25)13-29/h4-8,11-12,19,21,27H,9-10,13H2,1-3H3,(H,26,30)/t19-,21+/m0/s1. The van der Waals surface area contributed by atoms with Gasteiger partial charge in [-0.1, -0.05) is 12.1 Å². The Bertz CT molecular complexity index is 1040. The predicted molar refractivity (Wildman–Crippen MR) is 117 cm³/mol. The third kappa shape index (κ3) is 3.89. The van der Waals surface area contributed by atoms with E-state index in [2.05, 4.69) is 10.3 Å². The summed E-state index contributed by atoms with van der Waals surface area (Å²) >= 11 is 0. The molecule has 2 atom stereocenters. The molecule has 0 spiro atoms. The topological polar surface area (TPSA) is 51.4 Å². The van der Waals surface area contributed by atoms with E-state index < -0.39 is 6.17 Å². The van der Waals surface area contributed by atoms with Crippen molar-refractivity contribution in [3.63, 3.8) is 0 Å². The van der Waals surface area contributed by atoms with Crippen LogP contribution in [0.25, 0.3) is 10.9 Å². The van der Waals surface area contributed by atoms with Crippen molar-refractivity contribution in [3.05, 3.63) is 59.5 Å². The number of carbonyl (C=O) groups is 1. The molecule has 3 aromatic rings. The molecule has 0 unspecified atom stereocenters. The number of fused-ring (bicyclic) bond motifs is 1. The van der Waals surface area contributed by atoms with E-state index >= 15 is 0 Å². The first-order valence-electron chi connectivity index (χ1n) is 10.1. The van der Waals surface area contributed by atoms with Crippen LogP contribution >= 0.6 is 0 Å². The van der Waals surface area contributed by atoms with E-state index in [0.29, 0.717) is 28.8 Å². The summed E-state index contributed by atoms with van der Waals surface area (Å²) in [6.45, 7) is 2.93. The lowest BCUT2D eigenvalue weighted by molar-refractivity contribution is 0.102. The summed E-state index contributed by atoms with van der Waals surface area (Å²) in [7, 11) is 3.81. The highest BCUT2D eigenvalue weighted by molar-refractivity contribution is 6.06. The van der Waals surface area contributed by atoms with E-state index in [1.165, 1.54) is 12.1 Å². The van der Waals surface area contributed by atoms with E-state index in [4.69, 9.17) is 0 Å². The monoisotopic (exact) mass is 412 g/mol. The lowest BCUT2D eigenvalue weighted by atomic mass is 10.0. The lowest BCUT2D eigenvalue weighted by Crippen LogP contribution is -2.50. The van der Waals surface area contributed by atoms with Crippen molar-refractivity contribution in [3.8, 4) is 0 Å². The summed E-state index contributed by atoms with van der Waals surface area (Å²) in [4.78, 5) is 19.7. The molecule has 30 heavy (non-hydrogen) atoms. The number of benzene rings is 2. The number of anilines is 2. The van der Waals surface area contributed by atoms with E-state index in [1.807, 2.05) is 49.0 Å². The maximum absolute atomic E-state index is 14.5. The van der Waals surface area contributed by atoms with Crippen LogP contribution in [0.1, 0.15) is 22.5 Å². The Hall–Kier alpha value is -2.93. The minimum absolute atomic E-state index is 0.0741. The van der Waals surface area contributed by atoms with Crippen LogP contribution in [0, 0.1) is 12.7 Å². The van der Waals surface area contributed by atoms with Crippen LogP contribution in [0.3, 0.4) is 0 Å². The average Bonchev–Trinajstić information content (AvgIpc) is 3.18. The number of nitrogens with one attached hydrogen (secondary N) is 2. The van der Waals surface area contributed by atoms with Gasteiger partial charge in [-0.25, -0.2) is 8.78 Å². The summed E-state index contributed by atoms with van der Waals surface area (Å²) in [5.74, 6) is -0.716. The van der Waals surface area contributed by atoms with Gasteiger partial charge in [0.15, 0.2) is 0 Å². The number of aromatic nitrogens is 1. The number of piperidine rings is 1. The first-order valence-corrected chi connectivity index (χ1v) is 10.1. The molecule has 2 N–H and O–H groups in total. The van der Waals surface area contributed by atoms with Crippen LogP contribution in [-0.2, 0) is 0 Å². The number of nitrogens with zero attached hydrogens (tertiary/aromatic N) is 2. The van der Waals surface area contributed by atoms with E-state index in [9.17, 15) is 13.6 Å². The largest absolute Gasteiger partial charge is 0.368 e. The Kier molecular flexibility index (Phi) is 5.47. The zero-order chi connectivity index (χ0) is 21.4. The highest BCUT2D eigenvalue weighted by Crippen LogP contribution is 2.27. The summed E-state index contributed by atoms with van der Waals surface area (Å²) in [5.41, 5.74) is 3.25. The number of aryl methyl sites for hydroxylation is 1. The van der Waals surface area contributed by atoms with Crippen molar-refractivity contribution in [2.24, 2.45) is 0 Å². The third-order valence-corrected chi connectivity index (χ3v) is 5.83. The zero-order valence-corrected chi connectivity index (χ0v) is 17.4. The van der Waals surface area contributed by atoms with Gasteiger partial charge >= 0.3 is 0 Å². The average molecular weight is 412 g/mol. The number of rotatable bonds is 4. The second-order valence-corrected chi connectivity index (χ2v) is 8.12. The third-order valence-electron chi connectivity index (χ3n) is 5.83. The van der Waals surface area contributed by atoms with Gasteiger partial charge in [-0.15, -0.1) is 0 Å². The van der Waals surface area contributed by atoms with E-state index in [-0.39, 0.29) is 17.8 Å². The number of hydrogen-bond acceptors (Lipinski definition) is 3. The van der Waals surface area contributed by atoms with Crippen molar-refractivity contribution < 1.29 is 13.6 Å². The van der Waals surface area contributed by atoms with Gasteiger partial charge in [-0.3, -0.25) is 4.79 Å². The summed E-state index contributed by atoms with van der Waals surface area (Å²) in [6.07, 6.45) is -0.193. The van der Waals surface area contributed by atoms with Gasteiger partial charge in [-0.2, -0.15) is 0 Å². The number of carbonyl (C=O) groups excluding carboxylic acids is 1. The van der Waals surface area contributed by atoms with Gasteiger partial charge in [-0.05, 0) is 63.3 Å². The van der Waals surface area contributed by atoms with Crippen LogP contribution in [0.4, 0.5) is 20.2 Å². The molecule has 1 aliphatic rings. The fourth-order valence-corrected chi connectivity index (χ4v) is 4.14. The van der Waals surface area contributed by atoms with E-state index in [0.717, 1.165) is 24.2 Å². The molecule has 2 heterocycles. The maximum atomic E-state index is 14.5. The summed E-state index contributed by atoms with van der Waals surface area (Å²) < 4.78 is 28.6. The normalized spacial score (nSPS) is 19.5. The molecule has 0 saturated carbocycles. The Morgan fingerprint density at radius 2 is 2.03 bits per heavy atom. The van der Waals surface area contributed by atoms with Crippen LogP contribution in [0.2, 0.25) is 0 Å². The van der Waals surface area contributed by atoms with Crippen molar-refractivity contribution in [2.45, 2.75) is 25.6 Å². The van der Waals surface area contributed by atoms with Gasteiger partial charge in [0.1, 0.15) is 17.7 Å². The lowest BCUT2D eigenvalue weighted by Gasteiger charge is -2.39. The molecule has 1 saturated heterocycles. The molecule has 7 heteroatoms. The first-order chi connectivity index (χ1) is 14.3. The Labute approximate surface area is 174 Å². The number of alkyl halides is 1. The minimum Gasteiger partial charge on any atom is -0.368 e. The van der Waals surface area contributed by atoms with Gasteiger partial charge in [0.25, 0.3) is 5.91 Å². The molecule has 158 valence electrons. The number of amides is 1. The minimum atomic E-state index is -0.934. The molecule has 0 radical (unpaired) electrons. The first kappa shape index (κ1) is 20.3. The predicted octanol–water partition coefficient (Wildman–Crippen LogP) is 4.35. The van der Waals surface area contributed by atoms with Gasteiger partial charge in [0, 0.05) is 29.3 Å². The second kappa shape index (κ2) is 8.07. The van der Waals surface area contributed by atoms with Crippen LogP contribution in [0.5, 0.6) is 0 Å². The highest BCUT2D eigenvalue weighted by atomic mass is 19.1. The van der Waals surface area contributed by atoms with Gasteiger partial charge < -0.3 is 20.1 Å². The maximum Gasteiger partial charge on any atom is 0.272 e. The SMILES string of the molecule is Cc1ccc(F)c2cc(C(=O)Nc3cccc(N4CC[C@@H](N(C)C)[C@@H](F)C4)c3)[nH]c12. The van der Waals surface area contributed by atoms with Gasteiger partial charge in [0.05, 0.1) is 12.1 Å². The molecule has 2 aromatic carbocycles. The molecular weight excluding hydrogens is 386 g/mol. The molecular formula is C23H26F2N4O. The Balaban J connectivity index is 1.50. The van der Waals surface area contributed by atoms with Crippen molar-refractivity contribution >= 4 is 28.2 Å². The Morgan fingerprint density at radius 1 is 1.23 bits per heavy atom. The number of halogens is 2. The van der Waals surface area contributed by atoms with Crippen LogP contribution in [0.15, 0.2) is 42.5 Å². The fraction of sp³-hybridized carbons (Fsp3) is 0.348. The molecule has 1 aliphatic heterocycles. The quantitative estimate of drug-likeness (QED) is 0.670. The molecule has 5 nitrogen and oxygen atoms in total. The molecule has 0 aliphatic carbocycles. The zero-order valence-electron chi connectivity index (χ0n) is 17.4. The van der Waals surface area contributed by atoms with E-state index in [1.54, 1.807) is 12.1 Å². The van der Waals surface area contributed by atoms with Crippen molar-refractivity contribution in [1.82, 2.24) is 9.88 Å². The highest BCUT2D eigenvalue weighted by Gasteiger charge is 2.30. The van der Waals surface area contributed by atoms with Crippen molar-refractivity contribution in [1.29, 1.82) is 0 Å². The van der Waals surface area contributed by atoms with Crippen molar-refractivity contribution in [2.75, 3.05) is 37.4 Å². The molecule has 1 aromatic heterocycles.